The zero-order valence-electron chi connectivity index (χ0n) is 12.9. The van der Waals surface area contributed by atoms with Gasteiger partial charge in [0, 0.05) is 18.8 Å². The summed E-state index contributed by atoms with van der Waals surface area (Å²) < 4.78 is 0. The second-order valence-corrected chi connectivity index (χ2v) is 5.92. The molecule has 0 aromatic heterocycles. The van der Waals surface area contributed by atoms with Crippen LogP contribution in [0.3, 0.4) is 0 Å². The molecule has 0 aliphatic heterocycles. The summed E-state index contributed by atoms with van der Waals surface area (Å²) in [5, 5.41) is 3.31. The van der Waals surface area contributed by atoms with Crippen LogP contribution in [-0.2, 0) is 4.79 Å². The van der Waals surface area contributed by atoms with Crippen LogP contribution in [0.4, 0.5) is 5.69 Å². The van der Waals surface area contributed by atoms with Gasteiger partial charge in [0.2, 0.25) is 5.91 Å². The highest BCUT2D eigenvalue weighted by Gasteiger charge is 2.21. The molecule has 0 spiro atoms. The zero-order chi connectivity index (χ0) is 14.5. The third-order valence-corrected chi connectivity index (χ3v) is 4.41. The van der Waals surface area contributed by atoms with Crippen LogP contribution in [0.1, 0.15) is 43.2 Å². The third kappa shape index (κ3) is 3.53. The predicted molar refractivity (Wildman–Crippen MR) is 84.0 cm³/mol. The molecule has 1 aromatic rings. The molecule has 0 bridgehead atoms. The third-order valence-electron chi connectivity index (χ3n) is 4.41. The van der Waals surface area contributed by atoms with E-state index in [0.717, 1.165) is 18.5 Å². The highest BCUT2D eigenvalue weighted by Crippen LogP contribution is 2.22. The molecule has 1 N–H and O–H groups in total. The summed E-state index contributed by atoms with van der Waals surface area (Å²) in [4.78, 5) is 14.2. The van der Waals surface area contributed by atoms with Gasteiger partial charge in [-0.25, -0.2) is 0 Å². The largest absolute Gasteiger partial charge is 0.376 e. The van der Waals surface area contributed by atoms with E-state index in [1.807, 2.05) is 18.0 Å². The maximum Gasteiger partial charge on any atom is 0.241 e. The average Bonchev–Trinajstić information content (AvgIpc) is 2.46. The van der Waals surface area contributed by atoms with Crippen LogP contribution in [0, 0.1) is 13.8 Å². The summed E-state index contributed by atoms with van der Waals surface area (Å²) >= 11 is 0. The van der Waals surface area contributed by atoms with E-state index in [-0.39, 0.29) is 5.91 Å². The number of carbonyl (C=O) groups excluding carboxylic acids is 1. The van der Waals surface area contributed by atoms with E-state index in [1.54, 1.807) is 0 Å². The molecule has 20 heavy (non-hydrogen) atoms. The number of rotatable bonds is 4. The first-order valence-corrected chi connectivity index (χ1v) is 7.65. The Bertz CT molecular complexity index is 444. The Kier molecular flexibility index (Phi) is 5.05. The summed E-state index contributed by atoms with van der Waals surface area (Å²) in [5.74, 6) is 0.194. The van der Waals surface area contributed by atoms with E-state index in [2.05, 4.69) is 31.3 Å². The van der Waals surface area contributed by atoms with E-state index < -0.39 is 0 Å². The monoisotopic (exact) mass is 274 g/mol. The number of hydrogen-bond donors (Lipinski definition) is 1. The molecule has 1 aliphatic rings. The van der Waals surface area contributed by atoms with Gasteiger partial charge in [-0.05, 0) is 37.8 Å². The van der Waals surface area contributed by atoms with Crippen LogP contribution in [0.25, 0.3) is 0 Å². The van der Waals surface area contributed by atoms with Crippen LogP contribution in [-0.4, -0.2) is 30.4 Å². The fourth-order valence-electron chi connectivity index (χ4n) is 3.05. The Morgan fingerprint density at radius 2 is 1.80 bits per heavy atom. The smallest absolute Gasteiger partial charge is 0.241 e. The zero-order valence-corrected chi connectivity index (χ0v) is 12.9. The Morgan fingerprint density at radius 1 is 1.20 bits per heavy atom. The fraction of sp³-hybridized carbons (Fsp3) is 0.588. The Morgan fingerprint density at radius 3 is 2.40 bits per heavy atom. The lowest BCUT2D eigenvalue weighted by Crippen LogP contribution is -2.41. The molecule has 1 amide bonds. The maximum absolute atomic E-state index is 12.3. The van der Waals surface area contributed by atoms with Crippen molar-refractivity contribution < 1.29 is 4.79 Å². The number of aryl methyl sites for hydroxylation is 2. The molecule has 3 nitrogen and oxygen atoms in total. The minimum Gasteiger partial charge on any atom is -0.376 e. The number of likely N-dealkylation sites (N-methyl/N-ethyl adjacent to an activating group) is 1. The van der Waals surface area contributed by atoms with Crippen molar-refractivity contribution in [2.45, 2.75) is 52.0 Å². The van der Waals surface area contributed by atoms with Crippen molar-refractivity contribution in [3.63, 3.8) is 0 Å². The molecule has 0 atom stereocenters. The molecule has 1 saturated carbocycles. The van der Waals surface area contributed by atoms with E-state index in [4.69, 9.17) is 0 Å². The quantitative estimate of drug-likeness (QED) is 0.911. The number of carbonyl (C=O) groups is 1. The summed E-state index contributed by atoms with van der Waals surface area (Å²) in [6.07, 6.45) is 6.15. The summed E-state index contributed by atoms with van der Waals surface area (Å²) in [7, 11) is 1.95. The first kappa shape index (κ1) is 14.9. The summed E-state index contributed by atoms with van der Waals surface area (Å²) in [6, 6.07) is 6.64. The van der Waals surface area contributed by atoms with Gasteiger partial charge < -0.3 is 10.2 Å². The maximum atomic E-state index is 12.3. The molecule has 0 heterocycles. The van der Waals surface area contributed by atoms with Crippen molar-refractivity contribution in [1.82, 2.24) is 4.90 Å². The predicted octanol–water partition coefficient (Wildman–Crippen LogP) is 3.51. The van der Waals surface area contributed by atoms with E-state index in [1.165, 1.54) is 30.4 Å². The number of para-hydroxylation sites is 1. The van der Waals surface area contributed by atoms with Crippen molar-refractivity contribution in [2.75, 3.05) is 18.9 Å². The van der Waals surface area contributed by atoms with Gasteiger partial charge in [0.15, 0.2) is 0 Å². The number of nitrogens with zero attached hydrogens (tertiary/aromatic N) is 1. The van der Waals surface area contributed by atoms with Crippen molar-refractivity contribution in [2.24, 2.45) is 0 Å². The number of nitrogens with one attached hydrogen (secondary N) is 1. The highest BCUT2D eigenvalue weighted by molar-refractivity contribution is 5.81. The molecule has 0 unspecified atom stereocenters. The van der Waals surface area contributed by atoms with E-state index >= 15 is 0 Å². The molecular weight excluding hydrogens is 248 g/mol. The van der Waals surface area contributed by atoms with Gasteiger partial charge in [0.05, 0.1) is 6.54 Å². The molecule has 1 aromatic carbocycles. The Hall–Kier alpha value is -1.51. The Balaban J connectivity index is 1.91. The normalized spacial score (nSPS) is 15.9. The van der Waals surface area contributed by atoms with Gasteiger partial charge in [0.25, 0.3) is 0 Å². The van der Waals surface area contributed by atoms with Crippen LogP contribution >= 0.6 is 0 Å². The highest BCUT2D eigenvalue weighted by atomic mass is 16.2. The minimum atomic E-state index is 0.194. The number of hydrogen-bond acceptors (Lipinski definition) is 2. The molecule has 110 valence electrons. The van der Waals surface area contributed by atoms with Crippen molar-refractivity contribution in [3.8, 4) is 0 Å². The Labute approximate surface area is 122 Å². The standard InChI is InChI=1S/C17H26N2O/c1-13-8-7-9-14(2)17(13)18-12-16(20)19(3)15-10-5-4-6-11-15/h7-9,15,18H,4-6,10-12H2,1-3H3. The van der Waals surface area contributed by atoms with Crippen molar-refractivity contribution in [3.05, 3.63) is 29.3 Å². The average molecular weight is 274 g/mol. The van der Waals surface area contributed by atoms with Crippen LogP contribution in [0.2, 0.25) is 0 Å². The van der Waals surface area contributed by atoms with Gasteiger partial charge >= 0.3 is 0 Å². The van der Waals surface area contributed by atoms with Crippen LogP contribution in [0.5, 0.6) is 0 Å². The first-order chi connectivity index (χ1) is 9.59. The lowest BCUT2D eigenvalue weighted by Gasteiger charge is -2.31. The number of benzene rings is 1. The van der Waals surface area contributed by atoms with Crippen LogP contribution < -0.4 is 5.32 Å². The molecule has 0 radical (unpaired) electrons. The van der Waals surface area contributed by atoms with Gasteiger partial charge in [-0.15, -0.1) is 0 Å². The fourth-order valence-corrected chi connectivity index (χ4v) is 3.05. The topological polar surface area (TPSA) is 32.3 Å². The SMILES string of the molecule is Cc1cccc(C)c1NCC(=O)N(C)C1CCCCC1. The van der Waals surface area contributed by atoms with Gasteiger partial charge in [-0.2, -0.15) is 0 Å². The first-order valence-electron chi connectivity index (χ1n) is 7.65. The summed E-state index contributed by atoms with van der Waals surface area (Å²) in [6.45, 7) is 4.54. The number of amides is 1. The van der Waals surface area contributed by atoms with Gasteiger partial charge in [0.1, 0.15) is 0 Å². The lowest BCUT2D eigenvalue weighted by atomic mass is 9.94. The molecule has 3 heteroatoms. The molecule has 1 fully saturated rings. The molecule has 0 saturated heterocycles. The molecular formula is C17H26N2O. The van der Waals surface area contributed by atoms with E-state index in [9.17, 15) is 4.79 Å². The van der Waals surface area contributed by atoms with Crippen molar-refractivity contribution in [1.29, 1.82) is 0 Å². The molecule has 2 rings (SSSR count). The second-order valence-electron chi connectivity index (χ2n) is 5.92. The summed E-state index contributed by atoms with van der Waals surface area (Å²) in [5.41, 5.74) is 3.48. The number of anilines is 1. The van der Waals surface area contributed by atoms with E-state index in [0.29, 0.717) is 12.6 Å². The minimum absolute atomic E-state index is 0.194. The van der Waals surface area contributed by atoms with Crippen molar-refractivity contribution >= 4 is 11.6 Å². The lowest BCUT2D eigenvalue weighted by molar-refractivity contribution is -0.130. The van der Waals surface area contributed by atoms with Gasteiger partial charge in [-0.3, -0.25) is 4.79 Å². The second kappa shape index (κ2) is 6.78. The van der Waals surface area contributed by atoms with Crippen LogP contribution in [0.15, 0.2) is 18.2 Å². The van der Waals surface area contributed by atoms with Gasteiger partial charge in [-0.1, -0.05) is 37.5 Å². The molecule has 1 aliphatic carbocycles.